The van der Waals surface area contributed by atoms with Gasteiger partial charge in [-0.3, -0.25) is 4.90 Å². The zero-order valence-electron chi connectivity index (χ0n) is 11.7. The smallest absolute Gasteiger partial charge is 0.165 e. The number of ether oxygens (including phenoxy) is 1. The van der Waals surface area contributed by atoms with Gasteiger partial charge in [-0.25, -0.2) is 4.39 Å². The highest BCUT2D eigenvalue weighted by Crippen LogP contribution is 2.23. The van der Waals surface area contributed by atoms with E-state index in [1.54, 1.807) is 18.2 Å². The molecule has 0 amide bonds. The molecule has 110 valence electrons. The zero-order chi connectivity index (χ0) is 14.7. The number of aliphatic hydroxyl groups excluding tert-OH is 1. The highest BCUT2D eigenvalue weighted by molar-refractivity contribution is 5.24. The van der Waals surface area contributed by atoms with Crippen LogP contribution >= 0.6 is 0 Å². The van der Waals surface area contributed by atoms with E-state index < -0.39 is 6.10 Å². The monoisotopic (exact) mass is 287 g/mol. The fourth-order valence-corrected chi connectivity index (χ4v) is 2.49. The minimum Gasteiger partial charge on any atom is -0.485 e. The predicted molar refractivity (Wildman–Crippen MR) is 78.7 cm³/mol. The normalized spacial score (nSPS) is 17.2. The van der Waals surface area contributed by atoms with Crippen molar-refractivity contribution in [2.45, 2.75) is 12.2 Å². The van der Waals surface area contributed by atoms with Crippen LogP contribution in [0.3, 0.4) is 0 Å². The number of likely N-dealkylation sites (tertiary alicyclic amines) is 1. The summed E-state index contributed by atoms with van der Waals surface area (Å²) in [6, 6.07) is 16.0. The summed E-state index contributed by atoms with van der Waals surface area (Å²) in [4.78, 5) is 2.10. The first-order chi connectivity index (χ1) is 10.2. The van der Waals surface area contributed by atoms with E-state index in [-0.39, 0.29) is 11.9 Å². The molecule has 0 aromatic heterocycles. The fraction of sp³-hybridized carbons (Fsp3) is 0.294. The van der Waals surface area contributed by atoms with Crippen molar-refractivity contribution in [2.24, 2.45) is 0 Å². The predicted octanol–water partition coefficient (Wildman–Crippen LogP) is 2.62. The Hall–Kier alpha value is -1.91. The van der Waals surface area contributed by atoms with Crippen LogP contribution in [-0.2, 0) is 0 Å². The summed E-state index contributed by atoms with van der Waals surface area (Å²) in [5, 5.41) is 10.1. The second-order valence-corrected chi connectivity index (χ2v) is 5.32. The fourth-order valence-electron chi connectivity index (χ4n) is 2.49. The maximum absolute atomic E-state index is 13.5. The largest absolute Gasteiger partial charge is 0.485 e. The van der Waals surface area contributed by atoms with Crippen LogP contribution < -0.4 is 4.74 Å². The molecule has 3 nitrogen and oxygen atoms in total. The van der Waals surface area contributed by atoms with Crippen molar-refractivity contribution in [1.82, 2.24) is 4.90 Å². The lowest BCUT2D eigenvalue weighted by Gasteiger charge is -2.40. The van der Waals surface area contributed by atoms with Gasteiger partial charge in [0.2, 0.25) is 0 Å². The van der Waals surface area contributed by atoms with Crippen LogP contribution in [0.1, 0.15) is 11.7 Å². The SMILES string of the molecule is OC(CN1CC(Oc2ccccc2F)C1)c1ccccc1. The Balaban J connectivity index is 1.47. The van der Waals surface area contributed by atoms with Crippen molar-refractivity contribution in [3.63, 3.8) is 0 Å². The summed E-state index contributed by atoms with van der Waals surface area (Å²) < 4.78 is 19.1. The Morgan fingerprint density at radius 1 is 1.10 bits per heavy atom. The molecule has 1 heterocycles. The van der Waals surface area contributed by atoms with E-state index in [4.69, 9.17) is 4.74 Å². The summed E-state index contributed by atoms with van der Waals surface area (Å²) in [6.45, 7) is 1.98. The Labute approximate surface area is 123 Å². The number of β-amino-alcohol motifs (C(OH)–C–C–N with tert-alkyl or cyclic N) is 1. The minimum absolute atomic E-state index is 0.00938. The van der Waals surface area contributed by atoms with E-state index in [1.165, 1.54) is 6.07 Å². The Kier molecular flexibility index (Phi) is 4.18. The number of benzene rings is 2. The molecule has 1 aliphatic heterocycles. The van der Waals surface area contributed by atoms with Crippen LogP contribution in [0.5, 0.6) is 5.75 Å². The van der Waals surface area contributed by atoms with Crippen molar-refractivity contribution in [3.05, 3.63) is 66.0 Å². The number of halogens is 1. The van der Waals surface area contributed by atoms with Crippen LogP contribution in [0.25, 0.3) is 0 Å². The minimum atomic E-state index is -0.499. The van der Waals surface area contributed by atoms with E-state index in [2.05, 4.69) is 4.90 Å². The van der Waals surface area contributed by atoms with E-state index in [9.17, 15) is 9.50 Å². The summed E-state index contributed by atoms with van der Waals surface area (Å²) in [5.74, 6) is -0.0361. The van der Waals surface area contributed by atoms with E-state index in [0.717, 1.165) is 5.56 Å². The van der Waals surface area contributed by atoms with Gasteiger partial charge < -0.3 is 9.84 Å². The van der Waals surface area contributed by atoms with Gasteiger partial charge in [0.05, 0.1) is 6.10 Å². The Bertz CT molecular complexity index is 584. The number of hydrogen-bond donors (Lipinski definition) is 1. The molecule has 1 saturated heterocycles. The van der Waals surface area contributed by atoms with Gasteiger partial charge in [-0.05, 0) is 17.7 Å². The molecule has 1 unspecified atom stereocenters. The van der Waals surface area contributed by atoms with Crippen molar-refractivity contribution in [2.75, 3.05) is 19.6 Å². The van der Waals surface area contributed by atoms with E-state index in [0.29, 0.717) is 25.4 Å². The van der Waals surface area contributed by atoms with Crippen LogP contribution in [0.15, 0.2) is 54.6 Å². The van der Waals surface area contributed by atoms with Crippen LogP contribution in [0, 0.1) is 5.82 Å². The van der Waals surface area contributed by atoms with Gasteiger partial charge in [0.1, 0.15) is 6.10 Å². The molecule has 0 spiro atoms. The van der Waals surface area contributed by atoms with Crippen molar-refractivity contribution >= 4 is 0 Å². The third-order valence-electron chi connectivity index (χ3n) is 3.67. The lowest BCUT2D eigenvalue weighted by molar-refractivity contribution is -0.0101. The third-order valence-corrected chi connectivity index (χ3v) is 3.67. The molecule has 0 aliphatic carbocycles. The van der Waals surface area contributed by atoms with Crippen molar-refractivity contribution in [3.8, 4) is 5.75 Å². The molecule has 1 N–H and O–H groups in total. The third kappa shape index (κ3) is 3.40. The Morgan fingerprint density at radius 2 is 1.76 bits per heavy atom. The van der Waals surface area contributed by atoms with Crippen molar-refractivity contribution < 1.29 is 14.2 Å². The molecule has 2 aromatic carbocycles. The first kappa shape index (κ1) is 14.0. The first-order valence-electron chi connectivity index (χ1n) is 7.09. The van der Waals surface area contributed by atoms with Gasteiger partial charge in [-0.1, -0.05) is 42.5 Å². The number of rotatable bonds is 5. The number of aliphatic hydroxyl groups is 1. The molecule has 0 bridgehead atoms. The van der Waals surface area contributed by atoms with Gasteiger partial charge in [0.15, 0.2) is 11.6 Å². The molecular weight excluding hydrogens is 269 g/mol. The number of hydrogen-bond acceptors (Lipinski definition) is 3. The molecule has 21 heavy (non-hydrogen) atoms. The molecule has 2 aromatic rings. The second kappa shape index (κ2) is 6.24. The quantitative estimate of drug-likeness (QED) is 0.917. The van der Waals surface area contributed by atoms with E-state index >= 15 is 0 Å². The van der Waals surface area contributed by atoms with Gasteiger partial charge in [-0.2, -0.15) is 0 Å². The molecule has 0 radical (unpaired) electrons. The highest BCUT2D eigenvalue weighted by atomic mass is 19.1. The summed E-state index contributed by atoms with van der Waals surface area (Å²) in [6.07, 6.45) is -0.509. The zero-order valence-corrected chi connectivity index (χ0v) is 11.7. The van der Waals surface area contributed by atoms with Gasteiger partial charge >= 0.3 is 0 Å². The number of para-hydroxylation sites is 1. The first-order valence-corrected chi connectivity index (χ1v) is 7.09. The van der Waals surface area contributed by atoms with Crippen LogP contribution in [0.2, 0.25) is 0 Å². The molecule has 1 atom stereocenters. The van der Waals surface area contributed by atoms with E-state index in [1.807, 2.05) is 30.3 Å². The lowest BCUT2D eigenvalue weighted by atomic mass is 10.1. The molecule has 0 saturated carbocycles. The number of nitrogens with zero attached hydrogens (tertiary/aromatic N) is 1. The average molecular weight is 287 g/mol. The maximum Gasteiger partial charge on any atom is 0.165 e. The van der Waals surface area contributed by atoms with Gasteiger partial charge in [0, 0.05) is 19.6 Å². The maximum atomic E-state index is 13.5. The average Bonchev–Trinajstić information content (AvgIpc) is 2.48. The molecule has 1 fully saturated rings. The molecule has 4 heteroatoms. The van der Waals surface area contributed by atoms with Crippen molar-refractivity contribution in [1.29, 1.82) is 0 Å². The Morgan fingerprint density at radius 3 is 2.48 bits per heavy atom. The summed E-state index contributed by atoms with van der Waals surface area (Å²) in [7, 11) is 0. The van der Waals surface area contributed by atoms with Gasteiger partial charge in [0.25, 0.3) is 0 Å². The second-order valence-electron chi connectivity index (χ2n) is 5.32. The highest BCUT2D eigenvalue weighted by Gasteiger charge is 2.30. The van der Waals surface area contributed by atoms with Crippen LogP contribution in [0.4, 0.5) is 4.39 Å². The molecule has 3 rings (SSSR count). The molecular formula is C17H18FNO2. The lowest BCUT2D eigenvalue weighted by Crippen LogP contribution is -2.54. The summed E-state index contributed by atoms with van der Waals surface area (Å²) in [5.41, 5.74) is 0.913. The summed E-state index contributed by atoms with van der Waals surface area (Å²) >= 11 is 0. The standard InChI is InChI=1S/C17H18FNO2/c18-15-8-4-5-9-17(15)21-14-10-19(11-14)12-16(20)13-6-2-1-3-7-13/h1-9,14,16,20H,10-12H2. The van der Waals surface area contributed by atoms with Gasteiger partial charge in [-0.15, -0.1) is 0 Å². The molecule has 1 aliphatic rings. The van der Waals surface area contributed by atoms with Crippen LogP contribution in [-0.4, -0.2) is 35.7 Å². The topological polar surface area (TPSA) is 32.7 Å².